The van der Waals surface area contributed by atoms with Crippen LogP contribution in [-0.2, 0) is 14.6 Å². The molecule has 2 rings (SSSR count). The van der Waals surface area contributed by atoms with Crippen molar-refractivity contribution in [3.05, 3.63) is 0 Å². The van der Waals surface area contributed by atoms with Crippen LogP contribution in [0.2, 0.25) is 0 Å². The molecule has 0 saturated carbocycles. The highest BCUT2D eigenvalue weighted by Gasteiger charge is 2.50. The van der Waals surface area contributed by atoms with E-state index in [4.69, 9.17) is 4.74 Å². The van der Waals surface area contributed by atoms with E-state index < -0.39 is 14.6 Å². The molecule has 1 atom stereocenters. The van der Waals surface area contributed by atoms with E-state index in [9.17, 15) is 8.42 Å². The lowest BCUT2D eigenvalue weighted by Gasteiger charge is -2.39. The maximum atomic E-state index is 11.9. The number of sulfone groups is 1. The summed E-state index contributed by atoms with van der Waals surface area (Å²) in [5.41, 5.74) is -0.160. The molecule has 0 aliphatic carbocycles. The second-order valence-corrected chi connectivity index (χ2v) is 8.71. The minimum absolute atomic E-state index is 0.157. The quantitative estimate of drug-likeness (QED) is 0.809. The number of ether oxygens (including phenoxy) is 1. The Balaban J connectivity index is 2.10. The number of nitrogens with one attached hydrogen (secondary N) is 1. The fourth-order valence-corrected chi connectivity index (χ4v) is 4.31. The second kappa shape index (κ2) is 4.21. The molecule has 0 radical (unpaired) electrons. The predicted octanol–water partition coefficient (Wildman–Crippen LogP) is 1.11. The lowest BCUT2D eigenvalue weighted by Crippen LogP contribution is -2.48. The van der Waals surface area contributed by atoms with Crippen LogP contribution >= 0.6 is 0 Å². The van der Waals surface area contributed by atoms with E-state index >= 15 is 0 Å². The topological polar surface area (TPSA) is 55.4 Å². The Morgan fingerprint density at radius 2 is 1.76 bits per heavy atom. The molecular formula is C12H23NO3S. The van der Waals surface area contributed by atoms with E-state index in [0.717, 1.165) is 25.9 Å². The Morgan fingerprint density at radius 3 is 2.24 bits per heavy atom. The largest absolute Gasteiger partial charge is 0.370 e. The monoisotopic (exact) mass is 261 g/mol. The Kier molecular flexibility index (Phi) is 3.30. The maximum absolute atomic E-state index is 11.9. The lowest BCUT2D eigenvalue weighted by molar-refractivity contribution is -0.106. The van der Waals surface area contributed by atoms with Crippen molar-refractivity contribution >= 4 is 9.84 Å². The minimum atomic E-state index is -2.99. The molecule has 0 aromatic carbocycles. The number of hydrogen-bond donors (Lipinski definition) is 1. The van der Waals surface area contributed by atoms with Gasteiger partial charge >= 0.3 is 0 Å². The average molecular weight is 261 g/mol. The summed E-state index contributed by atoms with van der Waals surface area (Å²) in [6.45, 7) is 7.61. The van der Waals surface area contributed by atoms with Crippen molar-refractivity contribution in [3.63, 3.8) is 0 Å². The van der Waals surface area contributed by atoms with Crippen LogP contribution in [0.5, 0.6) is 0 Å². The highest BCUT2D eigenvalue weighted by Crippen LogP contribution is 2.38. The van der Waals surface area contributed by atoms with Gasteiger partial charge in [0.2, 0.25) is 0 Å². The molecule has 2 saturated heterocycles. The van der Waals surface area contributed by atoms with Crippen LogP contribution in [0.3, 0.4) is 0 Å². The van der Waals surface area contributed by atoms with E-state index in [1.54, 1.807) is 13.8 Å². The Bertz CT molecular complexity index is 383. The summed E-state index contributed by atoms with van der Waals surface area (Å²) >= 11 is 0. The van der Waals surface area contributed by atoms with Gasteiger partial charge in [0.15, 0.2) is 9.84 Å². The van der Waals surface area contributed by atoms with Gasteiger partial charge in [-0.3, -0.25) is 0 Å². The third-order valence-electron chi connectivity index (χ3n) is 4.31. The smallest absolute Gasteiger partial charge is 0.158 e. The zero-order valence-electron chi connectivity index (χ0n) is 11.0. The van der Waals surface area contributed by atoms with E-state index in [-0.39, 0.29) is 17.5 Å². The first-order valence-electron chi connectivity index (χ1n) is 6.38. The second-order valence-electron chi connectivity index (χ2n) is 6.02. The van der Waals surface area contributed by atoms with E-state index in [1.165, 1.54) is 0 Å². The van der Waals surface area contributed by atoms with E-state index in [1.807, 2.05) is 0 Å². The van der Waals surface area contributed by atoms with Crippen molar-refractivity contribution in [1.82, 2.24) is 5.32 Å². The molecule has 5 heteroatoms. The molecule has 2 fully saturated rings. The van der Waals surface area contributed by atoms with Crippen LogP contribution in [0.15, 0.2) is 0 Å². The first kappa shape index (κ1) is 13.3. The molecule has 0 aromatic heterocycles. The SMILES string of the molecule is CC1(OC2CCS(=O)(=O)C2(C)C)CCNCC1. The normalized spacial score (nSPS) is 34.6. The van der Waals surface area contributed by atoms with Crippen LogP contribution in [0, 0.1) is 0 Å². The van der Waals surface area contributed by atoms with Gasteiger partial charge in [0, 0.05) is 0 Å². The van der Waals surface area contributed by atoms with Crippen LogP contribution in [0.4, 0.5) is 0 Å². The van der Waals surface area contributed by atoms with Crippen molar-refractivity contribution in [1.29, 1.82) is 0 Å². The molecule has 1 N–H and O–H groups in total. The summed E-state index contributed by atoms with van der Waals surface area (Å²) in [6.07, 6.45) is 2.40. The highest BCUT2D eigenvalue weighted by atomic mass is 32.2. The predicted molar refractivity (Wildman–Crippen MR) is 67.9 cm³/mol. The van der Waals surface area contributed by atoms with Crippen LogP contribution in [-0.4, -0.2) is 43.7 Å². The van der Waals surface area contributed by atoms with Gasteiger partial charge in [-0.2, -0.15) is 0 Å². The first-order chi connectivity index (χ1) is 7.77. The third kappa shape index (κ3) is 2.37. The van der Waals surface area contributed by atoms with Crippen molar-refractivity contribution in [2.24, 2.45) is 0 Å². The van der Waals surface area contributed by atoms with Crippen LogP contribution < -0.4 is 5.32 Å². The molecule has 0 amide bonds. The summed E-state index contributed by atoms with van der Waals surface area (Å²) in [5, 5.41) is 3.30. The number of hydrogen-bond acceptors (Lipinski definition) is 4. The number of rotatable bonds is 2. The minimum Gasteiger partial charge on any atom is -0.370 e. The molecule has 0 aromatic rings. The summed E-state index contributed by atoms with van der Waals surface area (Å²) in [7, 11) is -2.99. The molecule has 2 aliphatic heterocycles. The first-order valence-corrected chi connectivity index (χ1v) is 8.03. The van der Waals surface area contributed by atoms with Gasteiger partial charge in [-0.05, 0) is 53.1 Å². The van der Waals surface area contributed by atoms with Gasteiger partial charge in [0.05, 0.1) is 22.2 Å². The zero-order valence-corrected chi connectivity index (χ0v) is 11.8. The average Bonchev–Trinajstić information content (AvgIpc) is 2.42. The molecule has 100 valence electrons. The summed E-state index contributed by atoms with van der Waals surface area (Å²) in [6, 6.07) is 0. The molecule has 2 aliphatic rings. The Labute approximate surface area is 104 Å². The molecule has 4 nitrogen and oxygen atoms in total. The third-order valence-corrected chi connectivity index (χ3v) is 6.95. The van der Waals surface area contributed by atoms with E-state index in [0.29, 0.717) is 6.42 Å². The summed E-state index contributed by atoms with van der Waals surface area (Å²) in [5.74, 6) is 0.263. The van der Waals surface area contributed by atoms with Crippen molar-refractivity contribution < 1.29 is 13.2 Å². The zero-order chi connectivity index (χ0) is 12.7. The Morgan fingerprint density at radius 1 is 1.18 bits per heavy atom. The molecule has 1 unspecified atom stereocenters. The molecular weight excluding hydrogens is 238 g/mol. The standard InChI is InChI=1S/C12H23NO3S/c1-11(2)10(4-9-17(11,14)15)16-12(3)5-7-13-8-6-12/h10,13H,4-9H2,1-3H3. The maximum Gasteiger partial charge on any atom is 0.158 e. The number of piperidine rings is 1. The summed E-state index contributed by atoms with van der Waals surface area (Å²) < 4.78 is 29.3. The fourth-order valence-electron chi connectivity index (χ4n) is 2.69. The van der Waals surface area contributed by atoms with Gasteiger partial charge in [-0.1, -0.05) is 0 Å². The fraction of sp³-hybridized carbons (Fsp3) is 1.00. The van der Waals surface area contributed by atoms with Gasteiger partial charge < -0.3 is 10.1 Å². The molecule has 17 heavy (non-hydrogen) atoms. The molecule has 0 bridgehead atoms. The summed E-state index contributed by atoms with van der Waals surface area (Å²) in [4.78, 5) is 0. The van der Waals surface area contributed by atoms with E-state index in [2.05, 4.69) is 12.2 Å². The van der Waals surface area contributed by atoms with Gasteiger partial charge in [0.25, 0.3) is 0 Å². The van der Waals surface area contributed by atoms with Crippen LogP contribution in [0.1, 0.15) is 40.0 Å². The van der Waals surface area contributed by atoms with Crippen molar-refractivity contribution in [2.45, 2.75) is 56.5 Å². The lowest BCUT2D eigenvalue weighted by atomic mass is 9.93. The van der Waals surface area contributed by atoms with Gasteiger partial charge in [-0.25, -0.2) is 8.42 Å². The van der Waals surface area contributed by atoms with Gasteiger partial charge in [-0.15, -0.1) is 0 Å². The van der Waals surface area contributed by atoms with Crippen LogP contribution in [0.25, 0.3) is 0 Å². The molecule has 0 spiro atoms. The van der Waals surface area contributed by atoms with Crippen molar-refractivity contribution in [2.75, 3.05) is 18.8 Å². The Hall–Kier alpha value is -0.130. The highest BCUT2D eigenvalue weighted by molar-refractivity contribution is 7.93. The molecule has 2 heterocycles. The van der Waals surface area contributed by atoms with Crippen molar-refractivity contribution in [3.8, 4) is 0 Å². The van der Waals surface area contributed by atoms with Gasteiger partial charge in [0.1, 0.15) is 0 Å².